The van der Waals surface area contributed by atoms with Gasteiger partial charge in [-0.25, -0.2) is 0 Å². The summed E-state index contributed by atoms with van der Waals surface area (Å²) >= 11 is 0. The summed E-state index contributed by atoms with van der Waals surface area (Å²) in [6, 6.07) is 77.5. The molecule has 0 atom stereocenters. The molecule has 0 saturated carbocycles. The molecule has 56 heavy (non-hydrogen) atoms. The quantitative estimate of drug-likeness (QED) is 0.159. The number of nitrogens with zero attached hydrogens (tertiary/aromatic N) is 1. The molecule has 0 heterocycles. The molecule has 0 fully saturated rings. The van der Waals surface area contributed by atoms with E-state index in [9.17, 15) is 0 Å². The van der Waals surface area contributed by atoms with E-state index in [1.165, 1.54) is 83.2 Å². The second kappa shape index (κ2) is 13.7. The summed E-state index contributed by atoms with van der Waals surface area (Å²) in [5, 5.41) is 2.53. The molecule has 9 aromatic rings. The first-order chi connectivity index (χ1) is 27.5. The Labute approximate surface area is 329 Å². The van der Waals surface area contributed by atoms with Gasteiger partial charge in [0.25, 0.3) is 0 Å². The van der Waals surface area contributed by atoms with Gasteiger partial charge in [-0.05, 0) is 102 Å². The van der Waals surface area contributed by atoms with Crippen molar-refractivity contribution in [1.29, 1.82) is 0 Å². The van der Waals surface area contributed by atoms with Crippen LogP contribution in [0.3, 0.4) is 0 Å². The maximum atomic E-state index is 2.46. The summed E-state index contributed by atoms with van der Waals surface area (Å²) in [4.78, 5) is 2.46. The molecule has 0 radical (unpaired) electrons. The van der Waals surface area contributed by atoms with Gasteiger partial charge >= 0.3 is 0 Å². The molecule has 1 aliphatic carbocycles. The Bertz CT molecular complexity index is 2860. The summed E-state index contributed by atoms with van der Waals surface area (Å²) in [5.41, 5.74) is 18.4. The maximum absolute atomic E-state index is 2.46. The van der Waals surface area contributed by atoms with E-state index in [0.29, 0.717) is 0 Å². The minimum atomic E-state index is -0.105. The van der Waals surface area contributed by atoms with Gasteiger partial charge in [-0.3, -0.25) is 0 Å². The van der Waals surface area contributed by atoms with Crippen LogP contribution in [0, 0.1) is 0 Å². The topological polar surface area (TPSA) is 3.24 Å². The van der Waals surface area contributed by atoms with Gasteiger partial charge in [0, 0.05) is 22.4 Å². The van der Waals surface area contributed by atoms with E-state index >= 15 is 0 Å². The zero-order valence-corrected chi connectivity index (χ0v) is 31.7. The number of anilines is 3. The average molecular weight is 716 g/mol. The van der Waals surface area contributed by atoms with E-state index in [4.69, 9.17) is 0 Å². The highest BCUT2D eigenvalue weighted by atomic mass is 15.1. The van der Waals surface area contributed by atoms with Crippen LogP contribution in [-0.4, -0.2) is 0 Å². The number of hydrogen-bond donors (Lipinski definition) is 0. The lowest BCUT2D eigenvalue weighted by molar-refractivity contribution is 0.660. The average Bonchev–Trinajstić information content (AvgIpc) is 3.50. The van der Waals surface area contributed by atoms with Crippen molar-refractivity contribution in [2.75, 3.05) is 4.90 Å². The highest BCUT2D eigenvalue weighted by Gasteiger charge is 2.37. The van der Waals surface area contributed by atoms with E-state index in [1.54, 1.807) is 0 Å². The first-order valence-corrected chi connectivity index (χ1v) is 19.5. The van der Waals surface area contributed by atoms with E-state index in [2.05, 4.69) is 231 Å². The van der Waals surface area contributed by atoms with Crippen molar-refractivity contribution in [3.63, 3.8) is 0 Å². The second-order valence-electron chi connectivity index (χ2n) is 15.3. The summed E-state index contributed by atoms with van der Waals surface area (Å²) in [7, 11) is 0. The standard InChI is InChI=1S/C55H41N/c1-55(2)51-26-11-10-24-50(51)54-52(55)27-14-28-53(54)56(44-35-33-42(34-36-44)48-23-9-8-22-46(48)39-15-4-3-5-16-39)45-20-12-19-43(37-45)38-29-31-41(32-30-38)49-25-13-18-40-17-6-7-21-47(40)49/h3-37H,1-2H3. The minimum absolute atomic E-state index is 0.105. The molecule has 266 valence electrons. The van der Waals surface area contributed by atoms with Crippen LogP contribution in [0.1, 0.15) is 25.0 Å². The predicted molar refractivity (Wildman–Crippen MR) is 238 cm³/mol. The fraction of sp³-hybridized carbons (Fsp3) is 0.0545. The molecule has 0 N–H and O–H groups in total. The molecule has 0 aromatic heterocycles. The smallest absolute Gasteiger partial charge is 0.0543 e. The Balaban J connectivity index is 1.09. The van der Waals surface area contributed by atoms with Crippen LogP contribution in [0.5, 0.6) is 0 Å². The van der Waals surface area contributed by atoms with Gasteiger partial charge in [0.2, 0.25) is 0 Å². The van der Waals surface area contributed by atoms with Crippen molar-refractivity contribution in [1.82, 2.24) is 0 Å². The Morgan fingerprint density at radius 3 is 1.64 bits per heavy atom. The number of fused-ring (bicyclic) bond motifs is 4. The first kappa shape index (κ1) is 33.6. The monoisotopic (exact) mass is 715 g/mol. The highest BCUT2D eigenvalue weighted by Crippen LogP contribution is 2.54. The largest absolute Gasteiger partial charge is 0.310 e. The Hall–Kier alpha value is -6.96. The maximum Gasteiger partial charge on any atom is 0.0543 e. The van der Waals surface area contributed by atoms with Gasteiger partial charge in [-0.1, -0.05) is 196 Å². The zero-order valence-electron chi connectivity index (χ0n) is 31.7. The number of hydrogen-bond acceptors (Lipinski definition) is 1. The molecular weight excluding hydrogens is 675 g/mol. The summed E-state index contributed by atoms with van der Waals surface area (Å²) in [6.45, 7) is 4.71. The van der Waals surface area contributed by atoms with E-state index in [-0.39, 0.29) is 5.41 Å². The molecule has 9 aromatic carbocycles. The van der Waals surface area contributed by atoms with Gasteiger partial charge in [0.15, 0.2) is 0 Å². The lowest BCUT2D eigenvalue weighted by Crippen LogP contribution is -2.16. The fourth-order valence-corrected chi connectivity index (χ4v) is 8.89. The Morgan fingerprint density at radius 1 is 0.339 bits per heavy atom. The molecule has 0 aliphatic heterocycles. The van der Waals surface area contributed by atoms with Crippen LogP contribution >= 0.6 is 0 Å². The molecule has 1 nitrogen and oxygen atoms in total. The molecule has 0 unspecified atom stereocenters. The summed E-state index contributed by atoms with van der Waals surface area (Å²) in [6.07, 6.45) is 0. The SMILES string of the molecule is CC1(C)c2ccccc2-c2c(N(c3ccc(-c4ccccc4-c4ccccc4)cc3)c3cccc(-c4ccc(-c5cccc6ccccc56)cc4)c3)cccc21. The van der Waals surface area contributed by atoms with Crippen LogP contribution < -0.4 is 4.90 Å². The van der Waals surface area contributed by atoms with Crippen molar-refractivity contribution in [3.8, 4) is 55.6 Å². The highest BCUT2D eigenvalue weighted by molar-refractivity contribution is 5.98. The van der Waals surface area contributed by atoms with Gasteiger partial charge in [0.1, 0.15) is 0 Å². The van der Waals surface area contributed by atoms with E-state index in [0.717, 1.165) is 11.4 Å². The minimum Gasteiger partial charge on any atom is -0.310 e. The fourth-order valence-electron chi connectivity index (χ4n) is 8.89. The van der Waals surface area contributed by atoms with Crippen LogP contribution in [-0.2, 0) is 5.41 Å². The van der Waals surface area contributed by atoms with Crippen LogP contribution in [0.25, 0.3) is 66.4 Å². The van der Waals surface area contributed by atoms with Gasteiger partial charge in [-0.2, -0.15) is 0 Å². The summed E-state index contributed by atoms with van der Waals surface area (Å²) in [5.74, 6) is 0. The van der Waals surface area contributed by atoms with Crippen molar-refractivity contribution in [3.05, 3.63) is 223 Å². The number of rotatable bonds is 7. The Kier molecular flexibility index (Phi) is 8.23. The van der Waals surface area contributed by atoms with Gasteiger partial charge in [-0.15, -0.1) is 0 Å². The molecule has 1 heteroatoms. The van der Waals surface area contributed by atoms with E-state index < -0.39 is 0 Å². The van der Waals surface area contributed by atoms with Crippen LogP contribution in [0.4, 0.5) is 17.1 Å². The normalized spacial score (nSPS) is 12.6. The molecule has 0 amide bonds. The molecule has 0 bridgehead atoms. The molecule has 1 aliphatic rings. The van der Waals surface area contributed by atoms with Gasteiger partial charge < -0.3 is 4.90 Å². The van der Waals surface area contributed by atoms with Crippen molar-refractivity contribution in [2.24, 2.45) is 0 Å². The molecule has 10 rings (SSSR count). The first-order valence-electron chi connectivity index (χ1n) is 19.5. The van der Waals surface area contributed by atoms with Crippen molar-refractivity contribution < 1.29 is 0 Å². The zero-order chi connectivity index (χ0) is 37.6. The van der Waals surface area contributed by atoms with Crippen LogP contribution in [0.15, 0.2) is 212 Å². The third kappa shape index (κ3) is 5.72. The lowest BCUT2D eigenvalue weighted by Gasteiger charge is -2.29. The van der Waals surface area contributed by atoms with Gasteiger partial charge in [0.05, 0.1) is 5.69 Å². The lowest BCUT2D eigenvalue weighted by atomic mass is 9.82. The third-order valence-corrected chi connectivity index (χ3v) is 11.7. The molecule has 0 spiro atoms. The van der Waals surface area contributed by atoms with Crippen molar-refractivity contribution >= 4 is 27.8 Å². The molecular formula is C55H41N. The molecule has 0 saturated heterocycles. The van der Waals surface area contributed by atoms with Crippen molar-refractivity contribution in [2.45, 2.75) is 19.3 Å². The predicted octanol–water partition coefficient (Wildman–Crippen LogP) is 15.3. The third-order valence-electron chi connectivity index (χ3n) is 11.7. The summed E-state index contributed by atoms with van der Waals surface area (Å²) < 4.78 is 0. The van der Waals surface area contributed by atoms with E-state index in [1.807, 2.05) is 0 Å². The second-order valence-corrected chi connectivity index (χ2v) is 15.3. The van der Waals surface area contributed by atoms with Crippen LogP contribution in [0.2, 0.25) is 0 Å². The number of benzene rings is 9. The Morgan fingerprint density at radius 2 is 0.857 bits per heavy atom.